The summed E-state index contributed by atoms with van der Waals surface area (Å²) >= 11 is 0. The van der Waals surface area contributed by atoms with Crippen LogP contribution in [0.2, 0.25) is 0 Å². The highest BCUT2D eigenvalue weighted by atomic mass is 16.5. The summed E-state index contributed by atoms with van der Waals surface area (Å²) in [7, 11) is 1.67. The third-order valence-electron chi connectivity index (χ3n) is 2.83. The van der Waals surface area contributed by atoms with Gasteiger partial charge in [0.2, 0.25) is 0 Å². The number of hydrogen-bond donors (Lipinski definition) is 0. The number of ether oxygens (including phenoxy) is 1. The third kappa shape index (κ3) is 2.93. The summed E-state index contributed by atoms with van der Waals surface area (Å²) in [5.41, 5.74) is 4.46. The van der Waals surface area contributed by atoms with Crippen LogP contribution in [0.3, 0.4) is 0 Å². The summed E-state index contributed by atoms with van der Waals surface area (Å²) < 4.78 is 5.18. The number of methoxy groups -OCH3 is 1. The Morgan fingerprint density at radius 2 is 1.61 bits per heavy atom. The lowest BCUT2D eigenvalue weighted by Crippen LogP contribution is -1.86. The number of rotatable bonds is 1. The van der Waals surface area contributed by atoms with E-state index in [-0.39, 0.29) is 0 Å². The molecule has 0 atom stereocenters. The molecule has 2 aromatic rings. The minimum absolute atomic E-state index is 0.869. The summed E-state index contributed by atoms with van der Waals surface area (Å²) in [4.78, 5) is 0. The fraction of sp³-hybridized carbons (Fsp3) is 0.176. The number of aryl methyl sites for hydroxylation is 2. The van der Waals surface area contributed by atoms with Crippen LogP contribution < -0.4 is 4.74 Å². The molecule has 2 aromatic carbocycles. The first kappa shape index (κ1) is 12.3. The molecule has 0 spiro atoms. The number of hydrogen-bond acceptors (Lipinski definition) is 1. The van der Waals surface area contributed by atoms with Gasteiger partial charge in [-0.05, 0) is 49.7 Å². The van der Waals surface area contributed by atoms with Crippen molar-refractivity contribution < 1.29 is 4.74 Å². The van der Waals surface area contributed by atoms with Crippen LogP contribution in [0, 0.1) is 25.7 Å². The molecule has 0 N–H and O–H groups in total. The van der Waals surface area contributed by atoms with Crippen LogP contribution in [-0.2, 0) is 0 Å². The van der Waals surface area contributed by atoms with Crippen molar-refractivity contribution in [2.75, 3.05) is 7.11 Å². The van der Waals surface area contributed by atoms with Gasteiger partial charge in [0.1, 0.15) is 5.75 Å². The van der Waals surface area contributed by atoms with Crippen LogP contribution in [0.5, 0.6) is 5.75 Å². The Balaban J connectivity index is 2.27. The molecule has 90 valence electrons. The van der Waals surface area contributed by atoms with E-state index < -0.39 is 0 Å². The Morgan fingerprint density at radius 3 is 2.22 bits per heavy atom. The van der Waals surface area contributed by atoms with Gasteiger partial charge in [0.05, 0.1) is 7.11 Å². The molecule has 0 bridgehead atoms. The lowest BCUT2D eigenvalue weighted by Gasteiger charge is -2.02. The Morgan fingerprint density at radius 1 is 0.889 bits per heavy atom. The summed E-state index contributed by atoms with van der Waals surface area (Å²) in [6, 6.07) is 14.2. The molecule has 0 fully saturated rings. The molecule has 1 nitrogen and oxygen atoms in total. The molecule has 2 rings (SSSR count). The lowest BCUT2D eigenvalue weighted by atomic mass is 10.1. The second-order valence-electron chi connectivity index (χ2n) is 4.30. The average Bonchev–Trinajstić information content (AvgIpc) is 2.39. The highest BCUT2D eigenvalue weighted by molar-refractivity contribution is 5.48. The molecule has 0 unspecified atom stereocenters. The molecule has 0 aliphatic heterocycles. The van der Waals surface area contributed by atoms with Crippen LogP contribution in [0.1, 0.15) is 22.3 Å². The molecule has 0 aliphatic carbocycles. The van der Waals surface area contributed by atoms with Gasteiger partial charge in [-0.25, -0.2) is 0 Å². The summed E-state index contributed by atoms with van der Waals surface area (Å²) in [5, 5.41) is 0. The molecule has 0 aromatic heterocycles. The van der Waals surface area contributed by atoms with Crippen molar-refractivity contribution in [3.05, 3.63) is 64.7 Å². The highest BCUT2D eigenvalue weighted by Gasteiger charge is 1.97. The second-order valence-corrected chi connectivity index (χ2v) is 4.30. The van der Waals surface area contributed by atoms with Gasteiger partial charge in [-0.15, -0.1) is 0 Å². The summed E-state index contributed by atoms with van der Waals surface area (Å²) in [6.45, 7) is 4.12. The van der Waals surface area contributed by atoms with Crippen molar-refractivity contribution in [1.29, 1.82) is 0 Å². The zero-order chi connectivity index (χ0) is 13.0. The maximum Gasteiger partial charge on any atom is 0.119 e. The van der Waals surface area contributed by atoms with E-state index in [4.69, 9.17) is 4.74 Å². The zero-order valence-corrected chi connectivity index (χ0v) is 10.9. The fourth-order valence-electron chi connectivity index (χ4n) is 1.68. The zero-order valence-electron chi connectivity index (χ0n) is 10.9. The molecule has 1 heteroatoms. The van der Waals surface area contributed by atoms with Gasteiger partial charge >= 0.3 is 0 Å². The first-order valence-corrected chi connectivity index (χ1v) is 5.92. The van der Waals surface area contributed by atoms with Gasteiger partial charge in [0, 0.05) is 11.1 Å². The van der Waals surface area contributed by atoms with E-state index in [1.165, 1.54) is 5.56 Å². The van der Waals surface area contributed by atoms with Crippen molar-refractivity contribution in [3.8, 4) is 17.6 Å². The second kappa shape index (κ2) is 5.42. The van der Waals surface area contributed by atoms with Crippen molar-refractivity contribution >= 4 is 0 Å². The normalized spacial score (nSPS) is 9.50. The topological polar surface area (TPSA) is 9.23 Å². The maximum atomic E-state index is 5.18. The maximum absolute atomic E-state index is 5.18. The smallest absolute Gasteiger partial charge is 0.119 e. The van der Waals surface area contributed by atoms with E-state index in [2.05, 4.69) is 30.9 Å². The van der Waals surface area contributed by atoms with Crippen LogP contribution in [-0.4, -0.2) is 7.11 Å². The predicted octanol–water partition coefficient (Wildman–Crippen LogP) is 3.71. The van der Waals surface area contributed by atoms with E-state index in [1.807, 2.05) is 37.3 Å². The van der Waals surface area contributed by atoms with Crippen molar-refractivity contribution in [2.24, 2.45) is 0 Å². The number of benzene rings is 2. The molecular weight excluding hydrogens is 220 g/mol. The molecule has 0 heterocycles. The van der Waals surface area contributed by atoms with Gasteiger partial charge in [0.15, 0.2) is 0 Å². The van der Waals surface area contributed by atoms with Gasteiger partial charge in [-0.3, -0.25) is 0 Å². The van der Waals surface area contributed by atoms with E-state index >= 15 is 0 Å². The van der Waals surface area contributed by atoms with E-state index in [9.17, 15) is 0 Å². The van der Waals surface area contributed by atoms with Gasteiger partial charge < -0.3 is 4.74 Å². The van der Waals surface area contributed by atoms with E-state index in [1.54, 1.807) is 7.11 Å². The largest absolute Gasteiger partial charge is 0.497 e. The van der Waals surface area contributed by atoms with Crippen LogP contribution in [0.25, 0.3) is 0 Å². The van der Waals surface area contributed by atoms with E-state index in [0.717, 1.165) is 22.4 Å². The Hall–Kier alpha value is -2.20. The molecule has 0 radical (unpaired) electrons. The van der Waals surface area contributed by atoms with Crippen LogP contribution >= 0.6 is 0 Å². The van der Waals surface area contributed by atoms with Crippen LogP contribution in [0.4, 0.5) is 0 Å². The Kier molecular flexibility index (Phi) is 3.69. The van der Waals surface area contributed by atoms with Gasteiger partial charge in [0.25, 0.3) is 0 Å². The molecule has 18 heavy (non-hydrogen) atoms. The predicted molar refractivity (Wildman–Crippen MR) is 74.9 cm³/mol. The van der Waals surface area contributed by atoms with Gasteiger partial charge in [-0.2, -0.15) is 0 Å². The molecular formula is C17H16O. The van der Waals surface area contributed by atoms with Crippen molar-refractivity contribution in [2.45, 2.75) is 13.8 Å². The quantitative estimate of drug-likeness (QED) is 0.686. The third-order valence-corrected chi connectivity index (χ3v) is 2.83. The first-order valence-electron chi connectivity index (χ1n) is 5.92. The first-order chi connectivity index (χ1) is 8.69. The summed E-state index contributed by atoms with van der Waals surface area (Å²) in [5.74, 6) is 7.24. The minimum Gasteiger partial charge on any atom is -0.497 e. The minimum atomic E-state index is 0.869. The highest BCUT2D eigenvalue weighted by Crippen LogP contribution is 2.16. The standard InChI is InChI=1S/C17H16O/c1-13-4-6-15(7-5-13)8-9-16-10-11-17(18-3)12-14(16)2/h4-7,10-12H,1-3H3. The Bertz CT molecular complexity index is 598. The molecule has 0 saturated carbocycles. The van der Waals surface area contributed by atoms with Crippen molar-refractivity contribution in [3.63, 3.8) is 0 Å². The Labute approximate surface area is 108 Å². The van der Waals surface area contributed by atoms with Gasteiger partial charge in [-0.1, -0.05) is 29.5 Å². The average molecular weight is 236 g/mol. The monoisotopic (exact) mass is 236 g/mol. The van der Waals surface area contributed by atoms with Crippen LogP contribution in [0.15, 0.2) is 42.5 Å². The fourth-order valence-corrected chi connectivity index (χ4v) is 1.68. The lowest BCUT2D eigenvalue weighted by molar-refractivity contribution is 0.414. The van der Waals surface area contributed by atoms with Crippen molar-refractivity contribution in [1.82, 2.24) is 0 Å². The molecule has 0 saturated heterocycles. The summed E-state index contributed by atoms with van der Waals surface area (Å²) in [6.07, 6.45) is 0. The SMILES string of the molecule is COc1ccc(C#Cc2ccc(C)cc2)c(C)c1. The van der Waals surface area contributed by atoms with E-state index in [0.29, 0.717) is 0 Å². The molecule has 0 amide bonds. The molecule has 0 aliphatic rings.